The van der Waals surface area contributed by atoms with Crippen molar-refractivity contribution < 1.29 is 18.3 Å². The molecule has 0 amide bonds. The molecule has 1 aromatic carbocycles. The summed E-state index contributed by atoms with van der Waals surface area (Å²) in [5.74, 6) is -0.173. The zero-order chi connectivity index (χ0) is 15.3. The first-order chi connectivity index (χ1) is 9.30. The Morgan fingerprint density at radius 3 is 2.50 bits per heavy atom. The van der Waals surface area contributed by atoms with Gasteiger partial charge < -0.3 is 5.11 Å². The number of nitrogens with zero attached hydrogens (tertiary/aromatic N) is 1. The van der Waals surface area contributed by atoms with Crippen LogP contribution < -0.4 is 0 Å². The molecule has 0 fully saturated rings. The fourth-order valence-corrected chi connectivity index (χ4v) is 3.62. The van der Waals surface area contributed by atoms with Crippen molar-refractivity contribution in [3.63, 3.8) is 0 Å². The predicted molar refractivity (Wildman–Crippen MR) is 77.2 cm³/mol. The van der Waals surface area contributed by atoms with Crippen LogP contribution in [-0.4, -0.2) is 42.8 Å². The van der Waals surface area contributed by atoms with Crippen molar-refractivity contribution in [1.82, 2.24) is 4.31 Å². The molecule has 0 unspecified atom stereocenters. The Labute approximate surface area is 120 Å². The van der Waals surface area contributed by atoms with Gasteiger partial charge in [-0.3, -0.25) is 4.79 Å². The van der Waals surface area contributed by atoms with Crippen LogP contribution in [0.25, 0.3) is 0 Å². The zero-order valence-corrected chi connectivity index (χ0v) is 12.9. The minimum Gasteiger partial charge on any atom is -0.396 e. The minimum atomic E-state index is -3.66. The van der Waals surface area contributed by atoms with E-state index in [0.29, 0.717) is 12.0 Å². The SMILES string of the molecule is CC(=O)c1cccc(S(=O)(=O)N(CCCO)C(C)C)c1. The number of ketones is 1. The fraction of sp³-hybridized carbons (Fsp3) is 0.500. The number of hydrogen-bond acceptors (Lipinski definition) is 4. The molecule has 0 saturated carbocycles. The highest BCUT2D eigenvalue weighted by Crippen LogP contribution is 2.20. The number of carbonyl (C=O) groups excluding carboxylic acids is 1. The van der Waals surface area contributed by atoms with Gasteiger partial charge in [-0.25, -0.2) is 8.42 Å². The van der Waals surface area contributed by atoms with E-state index >= 15 is 0 Å². The summed E-state index contributed by atoms with van der Waals surface area (Å²) in [4.78, 5) is 11.5. The molecule has 0 radical (unpaired) electrons. The second-order valence-electron chi connectivity index (χ2n) is 4.87. The average molecular weight is 299 g/mol. The van der Waals surface area contributed by atoms with Crippen LogP contribution in [0.5, 0.6) is 0 Å². The molecule has 112 valence electrons. The van der Waals surface area contributed by atoms with Crippen LogP contribution in [-0.2, 0) is 10.0 Å². The smallest absolute Gasteiger partial charge is 0.243 e. The van der Waals surface area contributed by atoms with Crippen molar-refractivity contribution in [2.75, 3.05) is 13.2 Å². The highest BCUT2D eigenvalue weighted by atomic mass is 32.2. The maximum absolute atomic E-state index is 12.6. The first-order valence-electron chi connectivity index (χ1n) is 6.54. The molecule has 0 bridgehead atoms. The zero-order valence-electron chi connectivity index (χ0n) is 12.0. The lowest BCUT2D eigenvalue weighted by Gasteiger charge is -2.25. The second-order valence-corrected chi connectivity index (χ2v) is 6.76. The summed E-state index contributed by atoms with van der Waals surface area (Å²) in [5, 5.41) is 8.88. The first kappa shape index (κ1) is 16.8. The lowest BCUT2D eigenvalue weighted by Crippen LogP contribution is -2.38. The Morgan fingerprint density at radius 1 is 1.35 bits per heavy atom. The molecule has 5 nitrogen and oxygen atoms in total. The van der Waals surface area contributed by atoms with E-state index in [9.17, 15) is 13.2 Å². The van der Waals surface area contributed by atoms with Crippen molar-refractivity contribution in [3.05, 3.63) is 29.8 Å². The van der Waals surface area contributed by atoms with Gasteiger partial charge in [0.2, 0.25) is 10.0 Å². The van der Waals surface area contributed by atoms with Crippen LogP contribution in [0.3, 0.4) is 0 Å². The predicted octanol–water partition coefficient (Wildman–Crippen LogP) is 1.67. The third-order valence-electron chi connectivity index (χ3n) is 2.96. The molecule has 1 rings (SSSR count). The largest absolute Gasteiger partial charge is 0.396 e. The van der Waals surface area contributed by atoms with E-state index in [1.165, 1.54) is 23.4 Å². The van der Waals surface area contributed by atoms with Crippen LogP contribution in [0.1, 0.15) is 37.6 Å². The van der Waals surface area contributed by atoms with Gasteiger partial charge >= 0.3 is 0 Å². The number of aliphatic hydroxyl groups excluding tert-OH is 1. The van der Waals surface area contributed by atoms with Gasteiger partial charge in [0.1, 0.15) is 0 Å². The summed E-state index contributed by atoms with van der Waals surface area (Å²) in [6.07, 6.45) is 0.379. The number of benzene rings is 1. The molecule has 1 aromatic rings. The monoisotopic (exact) mass is 299 g/mol. The molecule has 6 heteroatoms. The van der Waals surface area contributed by atoms with Gasteiger partial charge in [-0.1, -0.05) is 12.1 Å². The van der Waals surface area contributed by atoms with Crippen LogP contribution in [0.2, 0.25) is 0 Å². The number of aliphatic hydroxyl groups is 1. The Hall–Kier alpha value is -1.24. The van der Waals surface area contributed by atoms with Crippen molar-refractivity contribution >= 4 is 15.8 Å². The lowest BCUT2D eigenvalue weighted by molar-refractivity contribution is 0.101. The molecule has 0 atom stereocenters. The first-order valence-corrected chi connectivity index (χ1v) is 7.98. The molecule has 0 aliphatic heterocycles. The van der Waals surface area contributed by atoms with Crippen LogP contribution in [0.4, 0.5) is 0 Å². The lowest BCUT2D eigenvalue weighted by atomic mass is 10.2. The normalized spacial score (nSPS) is 12.1. The van der Waals surface area contributed by atoms with E-state index in [1.54, 1.807) is 26.0 Å². The Bertz CT molecular complexity index is 566. The highest BCUT2D eigenvalue weighted by molar-refractivity contribution is 7.89. The highest BCUT2D eigenvalue weighted by Gasteiger charge is 2.26. The molecule has 0 heterocycles. The van der Waals surface area contributed by atoms with Gasteiger partial charge in [0.05, 0.1) is 4.90 Å². The van der Waals surface area contributed by atoms with Gasteiger partial charge in [0.25, 0.3) is 0 Å². The number of Topliss-reactive ketones (excluding diaryl/α,β-unsaturated/α-hetero) is 1. The number of hydrogen-bond donors (Lipinski definition) is 1. The fourth-order valence-electron chi connectivity index (χ4n) is 1.89. The van der Waals surface area contributed by atoms with Crippen LogP contribution in [0, 0.1) is 0 Å². The van der Waals surface area contributed by atoms with Gasteiger partial charge in [-0.2, -0.15) is 4.31 Å². The molecule has 0 aliphatic carbocycles. The maximum Gasteiger partial charge on any atom is 0.243 e. The number of carbonyl (C=O) groups is 1. The summed E-state index contributed by atoms with van der Waals surface area (Å²) >= 11 is 0. The maximum atomic E-state index is 12.6. The molecular formula is C14H21NO4S. The van der Waals surface area contributed by atoms with Crippen LogP contribution in [0.15, 0.2) is 29.2 Å². The van der Waals surface area contributed by atoms with Crippen molar-refractivity contribution in [3.8, 4) is 0 Å². The Morgan fingerprint density at radius 2 is 2.00 bits per heavy atom. The summed E-state index contributed by atoms with van der Waals surface area (Å²) < 4.78 is 26.5. The van der Waals surface area contributed by atoms with Gasteiger partial charge in [-0.05, 0) is 39.3 Å². The number of rotatable bonds is 7. The van der Waals surface area contributed by atoms with E-state index in [1.807, 2.05) is 0 Å². The topological polar surface area (TPSA) is 74.7 Å². The van der Waals surface area contributed by atoms with Crippen molar-refractivity contribution in [2.24, 2.45) is 0 Å². The second kappa shape index (κ2) is 6.97. The molecule has 20 heavy (non-hydrogen) atoms. The summed E-state index contributed by atoms with van der Waals surface area (Å²) in [6.45, 7) is 5.15. The van der Waals surface area contributed by atoms with E-state index < -0.39 is 10.0 Å². The Balaban J connectivity index is 3.19. The van der Waals surface area contributed by atoms with Crippen LogP contribution >= 0.6 is 0 Å². The number of sulfonamides is 1. The van der Waals surface area contributed by atoms with Gasteiger partial charge in [-0.15, -0.1) is 0 Å². The molecular weight excluding hydrogens is 278 g/mol. The summed E-state index contributed by atoms with van der Waals surface area (Å²) in [7, 11) is -3.66. The molecule has 0 aromatic heterocycles. The Kier molecular flexibility index (Phi) is 5.86. The molecule has 0 saturated heterocycles. The third-order valence-corrected chi connectivity index (χ3v) is 5.03. The van der Waals surface area contributed by atoms with E-state index in [0.717, 1.165) is 0 Å². The summed E-state index contributed by atoms with van der Waals surface area (Å²) in [6, 6.07) is 5.82. The van der Waals surface area contributed by atoms with Gasteiger partial charge in [0.15, 0.2) is 5.78 Å². The van der Waals surface area contributed by atoms with Crippen molar-refractivity contribution in [1.29, 1.82) is 0 Å². The molecule has 0 aliphatic rings. The quantitative estimate of drug-likeness (QED) is 0.777. The standard InChI is InChI=1S/C14H21NO4S/c1-11(2)15(8-5-9-16)20(18,19)14-7-4-6-13(10-14)12(3)17/h4,6-7,10-11,16H,5,8-9H2,1-3H3. The van der Waals surface area contributed by atoms with E-state index in [-0.39, 0.29) is 29.9 Å². The van der Waals surface area contributed by atoms with E-state index in [4.69, 9.17) is 5.11 Å². The van der Waals surface area contributed by atoms with E-state index in [2.05, 4.69) is 0 Å². The summed E-state index contributed by atoms with van der Waals surface area (Å²) in [5.41, 5.74) is 0.372. The average Bonchev–Trinajstić information content (AvgIpc) is 2.38. The molecule has 0 spiro atoms. The third kappa shape index (κ3) is 3.88. The molecule has 1 N–H and O–H groups in total. The van der Waals surface area contributed by atoms with Crippen molar-refractivity contribution in [2.45, 2.75) is 38.1 Å². The van der Waals surface area contributed by atoms with Gasteiger partial charge in [0, 0.05) is 24.8 Å². The minimum absolute atomic E-state index is 0.0633.